The van der Waals surface area contributed by atoms with E-state index in [1.54, 1.807) is 17.0 Å². The first-order chi connectivity index (χ1) is 12.4. The molecule has 4 atom stereocenters. The zero-order valence-electron chi connectivity index (χ0n) is 15.2. The van der Waals surface area contributed by atoms with Crippen molar-refractivity contribution in [3.05, 3.63) is 29.6 Å². The summed E-state index contributed by atoms with van der Waals surface area (Å²) in [5.41, 5.74) is 0.833. The molecule has 1 aliphatic heterocycles. The zero-order chi connectivity index (χ0) is 18.8. The largest absolute Gasteiger partial charge is 0.389 e. The van der Waals surface area contributed by atoms with E-state index in [9.17, 15) is 14.7 Å². The van der Waals surface area contributed by atoms with Gasteiger partial charge < -0.3 is 15.3 Å². The number of terminal acetylenes is 1. The average molecular weight is 355 g/mol. The summed E-state index contributed by atoms with van der Waals surface area (Å²) in [4.78, 5) is 30.6. The minimum Gasteiger partial charge on any atom is -0.389 e. The van der Waals surface area contributed by atoms with Gasteiger partial charge in [-0.05, 0) is 36.8 Å². The third-order valence-corrected chi connectivity index (χ3v) is 5.09. The first kappa shape index (κ1) is 18.4. The Morgan fingerprint density at radius 2 is 2.19 bits per heavy atom. The standard InChI is InChI=1S/C20H25N3O3/c1-4-13-5-6-16(21-9-13)19(25)22-17-10-23(11-18(17)24)20(26)15-8-14(15)7-12(2)3/h1,5-6,9,12,14-15,17-18,24H,7-8,10-11H2,2-3H3,(H,22,25)/t14-,15-,17-,18-/m1/s1. The first-order valence-corrected chi connectivity index (χ1v) is 9.09. The van der Waals surface area contributed by atoms with Crippen LogP contribution in [0, 0.1) is 30.1 Å². The fraction of sp³-hybridized carbons (Fsp3) is 0.550. The van der Waals surface area contributed by atoms with Crippen molar-refractivity contribution in [3.8, 4) is 12.3 Å². The van der Waals surface area contributed by atoms with Gasteiger partial charge in [0, 0.05) is 30.8 Å². The SMILES string of the molecule is C#Cc1ccc(C(=O)N[C@@H]2CN(C(=O)[C@@H]3C[C@H]3CC(C)C)C[C@H]2O)nc1. The van der Waals surface area contributed by atoms with Gasteiger partial charge in [0.15, 0.2) is 0 Å². The van der Waals surface area contributed by atoms with Gasteiger partial charge in [-0.2, -0.15) is 0 Å². The molecule has 3 rings (SSSR count). The Bertz CT molecular complexity index is 723. The van der Waals surface area contributed by atoms with Gasteiger partial charge in [-0.1, -0.05) is 19.8 Å². The number of aromatic nitrogens is 1. The molecule has 2 aliphatic rings. The van der Waals surface area contributed by atoms with Gasteiger partial charge >= 0.3 is 0 Å². The molecule has 2 N–H and O–H groups in total. The molecule has 138 valence electrons. The van der Waals surface area contributed by atoms with Crippen LogP contribution in [-0.2, 0) is 4.79 Å². The minimum atomic E-state index is -0.768. The van der Waals surface area contributed by atoms with E-state index in [-0.39, 0.29) is 30.0 Å². The molecular weight excluding hydrogens is 330 g/mol. The van der Waals surface area contributed by atoms with Crippen molar-refractivity contribution in [2.75, 3.05) is 13.1 Å². The predicted molar refractivity (Wildman–Crippen MR) is 97.1 cm³/mol. The summed E-state index contributed by atoms with van der Waals surface area (Å²) in [6.07, 6.45) is 7.96. The minimum absolute atomic E-state index is 0.0806. The van der Waals surface area contributed by atoms with Crippen LogP contribution in [0.25, 0.3) is 0 Å². The monoisotopic (exact) mass is 355 g/mol. The van der Waals surface area contributed by atoms with Crippen LogP contribution < -0.4 is 5.32 Å². The van der Waals surface area contributed by atoms with Crippen LogP contribution >= 0.6 is 0 Å². The van der Waals surface area contributed by atoms with Crippen LogP contribution in [0.5, 0.6) is 0 Å². The number of amides is 2. The fourth-order valence-corrected chi connectivity index (χ4v) is 3.61. The van der Waals surface area contributed by atoms with Gasteiger partial charge in [-0.3, -0.25) is 9.59 Å². The van der Waals surface area contributed by atoms with Gasteiger partial charge in [-0.25, -0.2) is 4.98 Å². The number of likely N-dealkylation sites (tertiary alicyclic amines) is 1. The molecule has 1 aliphatic carbocycles. The van der Waals surface area contributed by atoms with E-state index in [4.69, 9.17) is 6.42 Å². The van der Waals surface area contributed by atoms with E-state index in [2.05, 4.69) is 30.1 Å². The number of carbonyl (C=O) groups excluding carboxylic acids is 2. The van der Waals surface area contributed by atoms with Crippen molar-refractivity contribution in [2.45, 2.75) is 38.8 Å². The lowest BCUT2D eigenvalue weighted by Crippen LogP contribution is -2.43. The van der Waals surface area contributed by atoms with Crippen molar-refractivity contribution in [1.82, 2.24) is 15.2 Å². The summed E-state index contributed by atoms with van der Waals surface area (Å²) in [6, 6.07) is 2.71. The first-order valence-electron chi connectivity index (χ1n) is 9.09. The molecule has 0 bridgehead atoms. The number of β-amino-alcohol motifs (C(OH)–C–C–N with tert-alkyl or cyclic N) is 1. The Morgan fingerprint density at radius 3 is 2.81 bits per heavy atom. The zero-order valence-corrected chi connectivity index (χ0v) is 15.2. The van der Waals surface area contributed by atoms with Gasteiger partial charge in [0.2, 0.25) is 5.91 Å². The summed E-state index contributed by atoms with van der Waals surface area (Å²) < 4.78 is 0. The number of carbonyl (C=O) groups is 2. The molecule has 0 aromatic carbocycles. The topological polar surface area (TPSA) is 82.5 Å². The molecule has 0 radical (unpaired) electrons. The molecule has 26 heavy (non-hydrogen) atoms. The summed E-state index contributed by atoms with van der Waals surface area (Å²) in [7, 11) is 0. The second kappa shape index (κ2) is 7.46. The van der Waals surface area contributed by atoms with Gasteiger partial charge in [-0.15, -0.1) is 6.42 Å². The number of nitrogens with one attached hydrogen (secondary N) is 1. The summed E-state index contributed by atoms with van der Waals surface area (Å²) in [5.74, 6) is 3.30. The molecule has 1 aromatic heterocycles. The third kappa shape index (κ3) is 4.05. The van der Waals surface area contributed by atoms with Crippen LogP contribution in [-0.4, -0.2) is 52.0 Å². The summed E-state index contributed by atoms with van der Waals surface area (Å²) >= 11 is 0. The number of rotatable bonds is 5. The van der Waals surface area contributed by atoms with Gasteiger partial charge in [0.05, 0.1) is 12.1 Å². The quantitative estimate of drug-likeness (QED) is 0.774. The molecule has 6 nitrogen and oxygen atoms in total. The molecule has 6 heteroatoms. The molecule has 2 heterocycles. The summed E-state index contributed by atoms with van der Waals surface area (Å²) in [5, 5.41) is 13.0. The van der Waals surface area contributed by atoms with Crippen molar-refractivity contribution in [3.63, 3.8) is 0 Å². The number of hydrogen-bond donors (Lipinski definition) is 2. The van der Waals surface area contributed by atoms with E-state index in [1.807, 2.05) is 0 Å². The molecular formula is C20H25N3O3. The van der Waals surface area contributed by atoms with Gasteiger partial charge in [0.25, 0.3) is 5.91 Å². The van der Waals surface area contributed by atoms with E-state index in [0.29, 0.717) is 23.9 Å². The van der Waals surface area contributed by atoms with E-state index >= 15 is 0 Å². The second-order valence-corrected chi connectivity index (χ2v) is 7.70. The molecule has 2 amide bonds. The molecule has 1 aromatic rings. The highest BCUT2D eigenvalue weighted by Crippen LogP contribution is 2.44. The van der Waals surface area contributed by atoms with Crippen LogP contribution in [0.2, 0.25) is 0 Å². The number of aliphatic hydroxyl groups excluding tert-OH is 1. The lowest BCUT2D eigenvalue weighted by Gasteiger charge is -2.17. The van der Waals surface area contributed by atoms with E-state index < -0.39 is 12.1 Å². The summed E-state index contributed by atoms with van der Waals surface area (Å²) in [6.45, 7) is 4.92. The number of hydrogen-bond acceptors (Lipinski definition) is 4. The Morgan fingerprint density at radius 1 is 1.42 bits per heavy atom. The Labute approximate surface area is 154 Å². The highest BCUT2D eigenvalue weighted by Gasteiger charge is 2.47. The third-order valence-electron chi connectivity index (χ3n) is 5.09. The van der Waals surface area contributed by atoms with Crippen LogP contribution in [0.4, 0.5) is 0 Å². The van der Waals surface area contributed by atoms with Crippen LogP contribution in [0.1, 0.15) is 42.7 Å². The van der Waals surface area contributed by atoms with Crippen molar-refractivity contribution >= 4 is 11.8 Å². The van der Waals surface area contributed by atoms with Crippen molar-refractivity contribution in [2.24, 2.45) is 17.8 Å². The smallest absolute Gasteiger partial charge is 0.270 e. The molecule has 0 unspecified atom stereocenters. The molecule has 1 saturated carbocycles. The van der Waals surface area contributed by atoms with E-state index in [0.717, 1.165) is 12.8 Å². The highest BCUT2D eigenvalue weighted by molar-refractivity contribution is 5.92. The maximum absolute atomic E-state index is 12.6. The lowest BCUT2D eigenvalue weighted by atomic mass is 10.1. The second-order valence-electron chi connectivity index (χ2n) is 7.70. The van der Waals surface area contributed by atoms with Crippen molar-refractivity contribution in [1.29, 1.82) is 0 Å². The highest BCUT2D eigenvalue weighted by atomic mass is 16.3. The van der Waals surface area contributed by atoms with Crippen molar-refractivity contribution < 1.29 is 14.7 Å². The molecule has 1 saturated heterocycles. The lowest BCUT2D eigenvalue weighted by molar-refractivity contribution is -0.132. The molecule has 0 spiro atoms. The average Bonchev–Trinajstić information content (AvgIpc) is 3.28. The normalized spacial score (nSPS) is 27.3. The number of pyridine rings is 1. The Hall–Kier alpha value is -2.39. The van der Waals surface area contributed by atoms with Gasteiger partial charge in [0.1, 0.15) is 5.69 Å². The Kier molecular flexibility index (Phi) is 5.28. The van der Waals surface area contributed by atoms with Crippen LogP contribution in [0.15, 0.2) is 18.3 Å². The predicted octanol–water partition coefficient (Wildman–Crippen LogP) is 1.05. The Balaban J connectivity index is 1.54. The van der Waals surface area contributed by atoms with Crippen LogP contribution in [0.3, 0.4) is 0 Å². The fourth-order valence-electron chi connectivity index (χ4n) is 3.61. The number of nitrogens with zero attached hydrogens (tertiary/aromatic N) is 2. The van der Waals surface area contributed by atoms with E-state index in [1.165, 1.54) is 6.20 Å². The number of aliphatic hydroxyl groups is 1. The maximum atomic E-state index is 12.6. The maximum Gasteiger partial charge on any atom is 0.270 e. The molecule has 2 fully saturated rings.